The number of nitrogens with one attached hydrogen (secondary N) is 2. The number of thiocarbonyl (C=S) groups is 1. The molecule has 1 aromatic rings. The summed E-state index contributed by atoms with van der Waals surface area (Å²) in [5.41, 5.74) is 0.762. The molecule has 0 aromatic heterocycles. The van der Waals surface area contributed by atoms with Crippen LogP contribution in [0.3, 0.4) is 0 Å². The van der Waals surface area contributed by atoms with E-state index in [0.29, 0.717) is 37.3 Å². The predicted octanol–water partition coefficient (Wildman–Crippen LogP) is 2.04. The third-order valence-electron chi connectivity index (χ3n) is 3.73. The zero-order valence-electron chi connectivity index (χ0n) is 14.1. The lowest BCUT2D eigenvalue weighted by atomic mass is 10.1. The van der Waals surface area contributed by atoms with Gasteiger partial charge in [0.25, 0.3) is 0 Å². The maximum atomic E-state index is 12.5. The lowest BCUT2D eigenvalue weighted by Crippen LogP contribution is -2.40. The molecule has 0 saturated carbocycles. The number of rotatable bonds is 6. The Balaban J connectivity index is 1.93. The first-order valence-electron chi connectivity index (χ1n) is 8.12. The van der Waals surface area contributed by atoms with Gasteiger partial charge in [0.2, 0.25) is 10.0 Å². The fourth-order valence-electron chi connectivity index (χ4n) is 2.30. The van der Waals surface area contributed by atoms with Crippen LogP contribution < -0.4 is 10.6 Å². The van der Waals surface area contributed by atoms with Gasteiger partial charge >= 0.3 is 0 Å². The minimum Gasteiger partial charge on any atom is -0.379 e. The van der Waals surface area contributed by atoms with E-state index in [9.17, 15) is 8.42 Å². The van der Waals surface area contributed by atoms with Gasteiger partial charge in [-0.15, -0.1) is 0 Å². The molecule has 134 valence electrons. The van der Waals surface area contributed by atoms with Gasteiger partial charge < -0.3 is 15.4 Å². The van der Waals surface area contributed by atoms with Gasteiger partial charge in [0.1, 0.15) is 0 Å². The van der Waals surface area contributed by atoms with Crippen LogP contribution in [-0.4, -0.2) is 50.7 Å². The molecule has 0 spiro atoms. The van der Waals surface area contributed by atoms with Crippen LogP contribution in [0.25, 0.3) is 0 Å². The van der Waals surface area contributed by atoms with E-state index in [1.807, 2.05) is 0 Å². The second kappa shape index (κ2) is 8.75. The normalized spacial score (nSPS) is 16.1. The summed E-state index contributed by atoms with van der Waals surface area (Å²) < 4.78 is 31.7. The standard InChI is InChI=1S/C16H25N3O3S2/c1-13(2)7-8-17-16(23)18-14-3-5-15(6-4-14)24(20,21)19-9-11-22-12-10-19/h3-6,13H,7-12H2,1-2H3,(H2,17,18,23). The SMILES string of the molecule is CC(C)CCNC(=S)Nc1ccc(S(=O)(=O)N2CCOCC2)cc1. The molecule has 0 atom stereocenters. The molecular weight excluding hydrogens is 346 g/mol. The van der Waals surface area contributed by atoms with Crippen LogP contribution >= 0.6 is 12.2 Å². The Bertz CT molecular complexity index is 639. The zero-order valence-corrected chi connectivity index (χ0v) is 15.8. The molecule has 0 unspecified atom stereocenters. The van der Waals surface area contributed by atoms with Crippen LogP contribution in [0.1, 0.15) is 20.3 Å². The molecular formula is C16H25N3O3S2. The van der Waals surface area contributed by atoms with E-state index in [4.69, 9.17) is 17.0 Å². The topological polar surface area (TPSA) is 70.7 Å². The van der Waals surface area contributed by atoms with Crippen molar-refractivity contribution in [1.29, 1.82) is 0 Å². The third kappa shape index (κ3) is 5.41. The van der Waals surface area contributed by atoms with Crippen molar-refractivity contribution in [2.75, 3.05) is 38.2 Å². The number of hydrogen-bond acceptors (Lipinski definition) is 4. The number of anilines is 1. The van der Waals surface area contributed by atoms with Gasteiger partial charge in [-0.3, -0.25) is 0 Å². The van der Waals surface area contributed by atoms with E-state index in [1.54, 1.807) is 24.3 Å². The maximum Gasteiger partial charge on any atom is 0.243 e. The lowest BCUT2D eigenvalue weighted by Gasteiger charge is -2.26. The van der Waals surface area contributed by atoms with Crippen molar-refractivity contribution >= 4 is 33.0 Å². The number of nitrogens with zero attached hydrogens (tertiary/aromatic N) is 1. The molecule has 1 saturated heterocycles. The summed E-state index contributed by atoms with van der Waals surface area (Å²) in [4.78, 5) is 0.286. The van der Waals surface area contributed by atoms with E-state index < -0.39 is 10.0 Å². The van der Waals surface area contributed by atoms with Crippen molar-refractivity contribution in [2.45, 2.75) is 25.2 Å². The molecule has 1 aliphatic heterocycles. The Hall–Kier alpha value is -1.22. The molecule has 0 aliphatic carbocycles. The molecule has 1 fully saturated rings. The van der Waals surface area contributed by atoms with Crippen LogP contribution in [0.5, 0.6) is 0 Å². The molecule has 8 heteroatoms. The molecule has 2 rings (SSSR count). The number of sulfonamides is 1. The van der Waals surface area contributed by atoms with Crippen LogP contribution in [0.2, 0.25) is 0 Å². The highest BCUT2D eigenvalue weighted by atomic mass is 32.2. The highest BCUT2D eigenvalue weighted by Gasteiger charge is 2.26. The van der Waals surface area contributed by atoms with Crippen LogP contribution in [0.4, 0.5) is 5.69 Å². The quantitative estimate of drug-likeness (QED) is 0.746. The smallest absolute Gasteiger partial charge is 0.243 e. The minimum atomic E-state index is -3.45. The summed E-state index contributed by atoms with van der Waals surface area (Å²) in [6.07, 6.45) is 1.04. The average molecular weight is 372 g/mol. The molecule has 0 radical (unpaired) electrons. The van der Waals surface area contributed by atoms with Crippen molar-refractivity contribution in [3.05, 3.63) is 24.3 Å². The fraction of sp³-hybridized carbons (Fsp3) is 0.562. The Morgan fingerprint density at radius 3 is 2.46 bits per heavy atom. The fourth-order valence-corrected chi connectivity index (χ4v) is 3.92. The lowest BCUT2D eigenvalue weighted by molar-refractivity contribution is 0.0730. The van der Waals surface area contributed by atoms with Gasteiger partial charge in [-0.1, -0.05) is 13.8 Å². The Labute approximate surface area is 149 Å². The van der Waals surface area contributed by atoms with E-state index in [0.717, 1.165) is 18.7 Å². The predicted molar refractivity (Wildman–Crippen MR) is 99.7 cm³/mol. The maximum absolute atomic E-state index is 12.5. The second-order valence-corrected chi connectivity index (χ2v) is 8.45. The molecule has 1 aliphatic rings. The molecule has 24 heavy (non-hydrogen) atoms. The van der Waals surface area contributed by atoms with Crippen molar-refractivity contribution in [3.63, 3.8) is 0 Å². The van der Waals surface area contributed by atoms with E-state index in [1.165, 1.54) is 4.31 Å². The average Bonchev–Trinajstić information content (AvgIpc) is 2.56. The number of morpholine rings is 1. The second-order valence-electron chi connectivity index (χ2n) is 6.10. The number of hydrogen-bond donors (Lipinski definition) is 2. The van der Waals surface area contributed by atoms with Crippen LogP contribution in [0, 0.1) is 5.92 Å². The summed E-state index contributed by atoms with van der Waals surface area (Å²) in [5, 5.41) is 6.75. The van der Waals surface area contributed by atoms with Crippen molar-refractivity contribution < 1.29 is 13.2 Å². The number of ether oxygens (including phenoxy) is 1. The van der Waals surface area contributed by atoms with Gasteiger partial charge in [0.05, 0.1) is 18.1 Å². The minimum absolute atomic E-state index is 0.286. The Kier molecular flexibility index (Phi) is 6.97. The van der Waals surface area contributed by atoms with E-state index >= 15 is 0 Å². The third-order valence-corrected chi connectivity index (χ3v) is 5.89. The van der Waals surface area contributed by atoms with Gasteiger partial charge in [-0.25, -0.2) is 8.42 Å². The zero-order chi connectivity index (χ0) is 17.6. The largest absolute Gasteiger partial charge is 0.379 e. The summed E-state index contributed by atoms with van der Waals surface area (Å²) in [7, 11) is -3.45. The summed E-state index contributed by atoms with van der Waals surface area (Å²) >= 11 is 5.23. The molecule has 1 heterocycles. The van der Waals surface area contributed by atoms with Crippen LogP contribution in [-0.2, 0) is 14.8 Å². The highest BCUT2D eigenvalue weighted by molar-refractivity contribution is 7.89. The molecule has 1 aromatic carbocycles. The van der Waals surface area contributed by atoms with Crippen LogP contribution in [0.15, 0.2) is 29.2 Å². The molecule has 2 N–H and O–H groups in total. The van der Waals surface area contributed by atoms with Crippen molar-refractivity contribution in [2.24, 2.45) is 5.92 Å². The first-order chi connectivity index (χ1) is 11.4. The van der Waals surface area contributed by atoms with Crippen molar-refractivity contribution in [3.8, 4) is 0 Å². The summed E-state index contributed by atoms with van der Waals surface area (Å²) in [5.74, 6) is 0.616. The van der Waals surface area contributed by atoms with Gasteiger partial charge in [0.15, 0.2) is 5.11 Å². The Morgan fingerprint density at radius 1 is 1.25 bits per heavy atom. The van der Waals surface area contributed by atoms with Crippen molar-refractivity contribution in [1.82, 2.24) is 9.62 Å². The van der Waals surface area contributed by atoms with Gasteiger partial charge in [0, 0.05) is 25.3 Å². The van der Waals surface area contributed by atoms with Gasteiger partial charge in [-0.2, -0.15) is 4.31 Å². The first kappa shape index (κ1) is 19.1. The Morgan fingerprint density at radius 2 is 1.88 bits per heavy atom. The number of benzene rings is 1. The van der Waals surface area contributed by atoms with E-state index in [-0.39, 0.29) is 4.90 Å². The molecule has 0 amide bonds. The first-order valence-corrected chi connectivity index (χ1v) is 9.97. The van der Waals surface area contributed by atoms with E-state index in [2.05, 4.69) is 24.5 Å². The molecule has 6 nitrogen and oxygen atoms in total. The summed E-state index contributed by atoms with van der Waals surface area (Å²) in [6, 6.07) is 6.65. The monoisotopic (exact) mass is 371 g/mol. The van der Waals surface area contributed by atoms with Gasteiger partial charge in [-0.05, 0) is 48.8 Å². The summed E-state index contributed by atoms with van der Waals surface area (Å²) in [6.45, 7) is 6.80. The molecule has 0 bridgehead atoms. The highest BCUT2D eigenvalue weighted by Crippen LogP contribution is 2.19.